The lowest BCUT2D eigenvalue weighted by Gasteiger charge is -2.31. The molecule has 1 saturated heterocycles. The molecule has 1 fully saturated rings. The molecule has 3 rings (SSSR count). The first-order valence-corrected chi connectivity index (χ1v) is 5.95. The Morgan fingerprint density at radius 1 is 1.35 bits per heavy atom. The molecule has 90 valence electrons. The fourth-order valence-corrected chi connectivity index (χ4v) is 2.22. The lowest BCUT2D eigenvalue weighted by atomic mass is 10.2. The molecule has 0 aliphatic carbocycles. The second kappa shape index (κ2) is 4.38. The van der Waals surface area contributed by atoms with Gasteiger partial charge in [-0.25, -0.2) is 15.0 Å². The van der Waals surface area contributed by atoms with Gasteiger partial charge in [-0.15, -0.1) is 0 Å². The second-order valence-corrected chi connectivity index (χ2v) is 4.34. The highest BCUT2D eigenvalue weighted by molar-refractivity contribution is 5.68. The molecular formula is C11H16N6. The number of piperazine rings is 1. The molecule has 0 spiro atoms. The Kier molecular flexibility index (Phi) is 2.74. The molecule has 0 radical (unpaired) electrons. The molecule has 6 nitrogen and oxygen atoms in total. The first-order chi connectivity index (χ1) is 8.34. The zero-order chi connectivity index (χ0) is 11.7. The lowest BCUT2D eigenvalue weighted by molar-refractivity contribution is 0.180. The fourth-order valence-electron chi connectivity index (χ4n) is 2.22. The average molecular weight is 232 g/mol. The van der Waals surface area contributed by atoms with Crippen molar-refractivity contribution in [1.29, 1.82) is 0 Å². The predicted octanol–water partition coefficient (Wildman–Crippen LogP) is 0.319. The molecule has 2 aromatic heterocycles. The Morgan fingerprint density at radius 3 is 2.94 bits per heavy atom. The van der Waals surface area contributed by atoms with Crippen molar-refractivity contribution in [3.8, 4) is 0 Å². The van der Waals surface area contributed by atoms with Crippen molar-refractivity contribution in [2.75, 3.05) is 26.2 Å². The Bertz CT molecular complexity index is 468. The number of imidazole rings is 1. The Morgan fingerprint density at radius 2 is 2.18 bits per heavy atom. The van der Waals surface area contributed by atoms with Crippen LogP contribution in [-0.2, 0) is 0 Å². The molecule has 2 aromatic rings. The molecule has 1 atom stereocenters. The predicted molar refractivity (Wildman–Crippen MR) is 64.5 cm³/mol. The third kappa shape index (κ3) is 2.01. The highest BCUT2D eigenvalue weighted by atomic mass is 15.2. The highest BCUT2D eigenvalue weighted by Gasteiger charge is 2.20. The Hall–Kier alpha value is -1.53. The first-order valence-electron chi connectivity index (χ1n) is 5.95. The van der Waals surface area contributed by atoms with Gasteiger partial charge in [-0.1, -0.05) is 0 Å². The van der Waals surface area contributed by atoms with E-state index in [0.29, 0.717) is 6.04 Å². The van der Waals surface area contributed by atoms with Crippen molar-refractivity contribution in [3.63, 3.8) is 0 Å². The minimum absolute atomic E-state index is 0.297. The van der Waals surface area contributed by atoms with Gasteiger partial charge in [0, 0.05) is 26.2 Å². The SMILES string of the molecule is CC(c1nc2ncncc2[nH]1)N1CCNCC1. The van der Waals surface area contributed by atoms with Crippen LogP contribution < -0.4 is 5.32 Å². The quantitative estimate of drug-likeness (QED) is 0.780. The van der Waals surface area contributed by atoms with Crippen molar-refractivity contribution in [1.82, 2.24) is 30.2 Å². The Labute approximate surface area is 99.5 Å². The first kappa shape index (κ1) is 10.6. The molecule has 0 saturated carbocycles. The summed E-state index contributed by atoms with van der Waals surface area (Å²) in [6.07, 6.45) is 3.30. The van der Waals surface area contributed by atoms with Crippen molar-refractivity contribution >= 4 is 11.2 Å². The monoisotopic (exact) mass is 232 g/mol. The summed E-state index contributed by atoms with van der Waals surface area (Å²) >= 11 is 0. The van der Waals surface area contributed by atoms with Crippen molar-refractivity contribution in [2.45, 2.75) is 13.0 Å². The van der Waals surface area contributed by atoms with Crippen molar-refractivity contribution in [2.24, 2.45) is 0 Å². The number of hydrogen-bond donors (Lipinski definition) is 2. The summed E-state index contributed by atoms with van der Waals surface area (Å²) in [7, 11) is 0. The van der Waals surface area contributed by atoms with E-state index in [1.165, 1.54) is 6.33 Å². The molecule has 1 aliphatic rings. The molecule has 0 aromatic carbocycles. The summed E-state index contributed by atoms with van der Waals surface area (Å²) in [6, 6.07) is 0.297. The van der Waals surface area contributed by atoms with Gasteiger partial charge in [0.25, 0.3) is 0 Å². The van der Waals surface area contributed by atoms with Gasteiger partial charge in [-0.3, -0.25) is 4.90 Å². The lowest BCUT2D eigenvalue weighted by Crippen LogP contribution is -2.44. The van der Waals surface area contributed by atoms with Crippen LogP contribution in [-0.4, -0.2) is 51.0 Å². The largest absolute Gasteiger partial charge is 0.338 e. The second-order valence-electron chi connectivity index (χ2n) is 4.34. The number of nitrogens with one attached hydrogen (secondary N) is 2. The van der Waals surface area contributed by atoms with Crippen LogP contribution in [0.4, 0.5) is 0 Å². The molecule has 1 unspecified atom stereocenters. The van der Waals surface area contributed by atoms with Crippen molar-refractivity contribution < 1.29 is 0 Å². The van der Waals surface area contributed by atoms with Gasteiger partial charge in [0.05, 0.1) is 12.2 Å². The summed E-state index contributed by atoms with van der Waals surface area (Å²) in [5.74, 6) is 0.974. The minimum Gasteiger partial charge on any atom is -0.338 e. The number of rotatable bonds is 2. The molecule has 3 heterocycles. The van der Waals surface area contributed by atoms with E-state index in [-0.39, 0.29) is 0 Å². The van der Waals surface area contributed by atoms with Crippen molar-refractivity contribution in [3.05, 3.63) is 18.3 Å². The molecule has 17 heavy (non-hydrogen) atoms. The zero-order valence-electron chi connectivity index (χ0n) is 9.85. The van der Waals surface area contributed by atoms with E-state index >= 15 is 0 Å². The standard InChI is InChI=1S/C11H16N6/c1-8(17-4-2-12-3-5-17)10-15-9-6-13-7-14-11(9)16-10/h6-8,12H,2-5H2,1H3,(H,13,14,15,16). The number of aromatic nitrogens is 4. The number of H-pyrrole nitrogens is 1. The van der Waals surface area contributed by atoms with Crippen LogP contribution in [0.5, 0.6) is 0 Å². The topological polar surface area (TPSA) is 69.7 Å². The molecule has 1 aliphatic heterocycles. The van der Waals surface area contributed by atoms with E-state index in [0.717, 1.165) is 43.2 Å². The van der Waals surface area contributed by atoms with Crippen LogP contribution >= 0.6 is 0 Å². The van der Waals surface area contributed by atoms with E-state index in [2.05, 4.69) is 37.1 Å². The van der Waals surface area contributed by atoms with Crippen LogP contribution in [0.2, 0.25) is 0 Å². The summed E-state index contributed by atoms with van der Waals surface area (Å²) < 4.78 is 0. The number of aromatic amines is 1. The molecule has 0 amide bonds. The maximum atomic E-state index is 4.52. The molecule has 0 bridgehead atoms. The third-order valence-corrected chi connectivity index (χ3v) is 3.28. The molecule has 2 N–H and O–H groups in total. The van der Waals surface area contributed by atoms with E-state index in [9.17, 15) is 0 Å². The van der Waals surface area contributed by atoms with E-state index in [1.54, 1.807) is 6.20 Å². The maximum absolute atomic E-state index is 4.52. The van der Waals surface area contributed by atoms with Gasteiger partial charge in [0.2, 0.25) is 0 Å². The van der Waals surface area contributed by atoms with E-state index in [4.69, 9.17) is 0 Å². The summed E-state index contributed by atoms with van der Waals surface area (Å²) in [6.45, 7) is 6.39. The summed E-state index contributed by atoms with van der Waals surface area (Å²) in [5, 5.41) is 3.35. The van der Waals surface area contributed by atoms with Crippen LogP contribution in [0, 0.1) is 0 Å². The average Bonchev–Trinajstić information content (AvgIpc) is 2.82. The zero-order valence-corrected chi connectivity index (χ0v) is 9.85. The molecular weight excluding hydrogens is 216 g/mol. The van der Waals surface area contributed by atoms with Crippen LogP contribution in [0.3, 0.4) is 0 Å². The van der Waals surface area contributed by atoms with Gasteiger partial charge in [-0.05, 0) is 6.92 Å². The van der Waals surface area contributed by atoms with Crippen LogP contribution in [0.15, 0.2) is 12.5 Å². The van der Waals surface area contributed by atoms with Gasteiger partial charge in [-0.2, -0.15) is 0 Å². The summed E-state index contributed by atoms with van der Waals surface area (Å²) in [4.78, 5) is 18.4. The van der Waals surface area contributed by atoms with Crippen LogP contribution in [0.25, 0.3) is 11.2 Å². The normalized spacial score (nSPS) is 19.6. The number of hydrogen-bond acceptors (Lipinski definition) is 5. The maximum Gasteiger partial charge on any atom is 0.180 e. The van der Waals surface area contributed by atoms with Gasteiger partial charge >= 0.3 is 0 Å². The highest BCUT2D eigenvalue weighted by Crippen LogP contribution is 2.19. The summed E-state index contributed by atoms with van der Waals surface area (Å²) in [5.41, 5.74) is 1.65. The molecule has 6 heteroatoms. The van der Waals surface area contributed by atoms with Crippen LogP contribution in [0.1, 0.15) is 18.8 Å². The van der Waals surface area contributed by atoms with Gasteiger partial charge in [0.1, 0.15) is 17.7 Å². The third-order valence-electron chi connectivity index (χ3n) is 3.28. The van der Waals surface area contributed by atoms with E-state index < -0.39 is 0 Å². The van der Waals surface area contributed by atoms with E-state index in [1.807, 2.05) is 0 Å². The fraction of sp³-hybridized carbons (Fsp3) is 0.545. The number of nitrogens with zero attached hydrogens (tertiary/aromatic N) is 4. The number of fused-ring (bicyclic) bond motifs is 1. The van der Waals surface area contributed by atoms with Gasteiger partial charge < -0.3 is 10.3 Å². The van der Waals surface area contributed by atoms with Gasteiger partial charge in [0.15, 0.2) is 5.65 Å². The Balaban J connectivity index is 1.86. The minimum atomic E-state index is 0.297. The smallest absolute Gasteiger partial charge is 0.180 e.